The molecule has 2 rings (SSSR count). The molecular formula is C21H29FO2. The fourth-order valence-corrected chi connectivity index (χ4v) is 3.68. The van der Waals surface area contributed by atoms with Crippen molar-refractivity contribution in [2.24, 2.45) is 5.92 Å². The van der Waals surface area contributed by atoms with E-state index in [1.165, 1.54) is 51.5 Å². The molecule has 0 atom stereocenters. The highest BCUT2D eigenvalue weighted by molar-refractivity contribution is 5.91. The van der Waals surface area contributed by atoms with Crippen molar-refractivity contribution in [3.8, 4) is 0 Å². The normalized spacial score (nSPS) is 21.7. The molecule has 1 aliphatic carbocycles. The van der Waals surface area contributed by atoms with E-state index in [0.717, 1.165) is 24.3 Å². The summed E-state index contributed by atoms with van der Waals surface area (Å²) in [5, 5.41) is 8.90. The van der Waals surface area contributed by atoms with Crippen molar-refractivity contribution in [3.05, 3.63) is 40.7 Å². The molecule has 0 saturated heterocycles. The Morgan fingerprint density at radius 2 is 1.96 bits per heavy atom. The number of carboxylic acids is 1. The lowest BCUT2D eigenvalue weighted by Gasteiger charge is -2.29. The number of hydrogen-bond donors (Lipinski definition) is 1. The Morgan fingerprint density at radius 3 is 2.54 bits per heavy atom. The number of unbranched alkanes of at least 4 members (excludes halogenated alkanes) is 2. The van der Waals surface area contributed by atoms with E-state index in [0.29, 0.717) is 11.5 Å². The van der Waals surface area contributed by atoms with Gasteiger partial charge in [0.05, 0.1) is 0 Å². The molecule has 1 N–H and O–H groups in total. The Balaban J connectivity index is 1.95. The average molecular weight is 332 g/mol. The maximum absolute atomic E-state index is 14.3. The molecule has 0 heterocycles. The second-order valence-electron chi connectivity index (χ2n) is 7.13. The predicted octanol–water partition coefficient (Wildman–Crippen LogP) is 6.17. The van der Waals surface area contributed by atoms with Gasteiger partial charge in [-0.25, -0.2) is 9.18 Å². The number of carboxylic acid groups (broad SMARTS) is 1. The third-order valence-electron chi connectivity index (χ3n) is 5.27. The molecular weight excluding hydrogens is 303 g/mol. The van der Waals surface area contributed by atoms with Crippen LogP contribution < -0.4 is 0 Å². The molecule has 1 fully saturated rings. The molecule has 3 heteroatoms. The molecule has 0 aromatic heterocycles. The molecule has 0 bridgehead atoms. The summed E-state index contributed by atoms with van der Waals surface area (Å²) in [5.74, 6) is -0.0448. The van der Waals surface area contributed by atoms with E-state index in [9.17, 15) is 9.18 Å². The van der Waals surface area contributed by atoms with Crippen LogP contribution in [0.5, 0.6) is 0 Å². The van der Waals surface area contributed by atoms with Crippen molar-refractivity contribution in [2.75, 3.05) is 0 Å². The molecule has 2 nitrogen and oxygen atoms in total. The predicted molar refractivity (Wildman–Crippen MR) is 96.5 cm³/mol. The minimum absolute atomic E-state index is 0.147. The number of carbonyl (C=O) groups is 1. The van der Waals surface area contributed by atoms with E-state index in [1.807, 2.05) is 6.07 Å². The molecule has 1 aromatic rings. The minimum atomic E-state index is -1.01. The molecule has 132 valence electrons. The van der Waals surface area contributed by atoms with Gasteiger partial charge in [-0.2, -0.15) is 0 Å². The van der Waals surface area contributed by atoms with Crippen molar-refractivity contribution in [1.82, 2.24) is 0 Å². The molecule has 24 heavy (non-hydrogen) atoms. The van der Waals surface area contributed by atoms with Crippen LogP contribution in [0.2, 0.25) is 0 Å². The Labute approximate surface area is 144 Å². The van der Waals surface area contributed by atoms with Crippen LogP contribution in [0, 0.1) is 11.7 Å². The van der Waals surface area contributed by atoms with Crippen LogP contribution in [0.4, 0.5) is 4.39 Å². The van der Waals surface area contributed by atoms with Gasteiger partial charge in [-0.3, -0.25) is 0 Å². The molecule has 1 aliphatic rings. The number of rotatable bonds is 7. The summed E-state index contributed by atoms with van der Waals surface area (Å²) in [7, 11) is 0. The number of benzene rings is 1. The van der Waals surface area contributed by atoms with Crippen molar-refractivity contribution in [3.63, 3.8) is 0 Å². The zero-order chi connectivity index (χ0) is 17.5. The largest absolute Gasteiger partial charge is 0.478 e. The highest BCUT2D eigenvalue weighted by Gasteiger charge is 2.22. The van der Waals surface area contributed by atoms with Crippen LogP contribution in [0.25, 0.3) is 6.08 Å². The van der Waals surface area contributed by atoms with Crippen LogP contribution in [0.1, 0.15) is 82.3 Å². The second-order valence-corrected chi connectivity index (χ2v) is 7.13. The minimum Gasteiger partial charge on any atom is -0.478 e. The molecule has 0 amide bonds. The second kappa shape index (κ2) is 9.00. The first-order valence-corrected chi connectivity index (χ1v) is 9.22. The van der Waals surface area contributed by atoms with Gasteiger partial charge in [-0.1, -0.05) is 44.7 Å². The van der Waals surface area contributed by atoms with Crippen LogP contribution >= 0.6 is 0 Å². The maximum Gasteiger partial charge on any atom is 0.331 e. The zero-order valence-electron chi connectivity index (χ0n) is 14.9. The highest BCUT2D eigenvalue weighted by Crippen LogP contribution is 2.38. The summed E-state index contributed by atoms with van der Waals surface area (Å²) in [6.45, 7) is 3.72. The fraction of sp³-hybridized carbons (Fsp3) is 0.571. The van der Waals surface area contributed by atoms with Gasteiger partial charge in [0, 0.05) is 11.1 Å². The third-order valence-corrected chi connectivity index (χ3v) is 5.27. The van der Waals surface area contributed by atoms with Crippen molar-refractivity contribution >= 4 is 12.0 Å². The van der Waals surface area contributed by atoms with Gasteiger partial charge in [0.1, 0.15) is 5.82 Å². The van der Waals surface area contributed by atoms with E-state index < -0.39 is 5.97 Å². The summed E-state index contributed by atoms with van der Waals surface area (Å²) in [4.78, 5) is 10.9. The molecule has 0 radical (unpaired) electrons. The summed E-state index contributed by atoms with van der Waals surface area (Å²) in [6.07, 6.45) is 11.4. The summed E-state index contributed by atoms with van der Waals surface area (Å²) < 4.78 is 14.3. The third kappa shape index (κ3) is 5.19. The van der Waals surface area contributed by atoms with Gasteiger partial charge in [0.25, 0.3) is 0 Å². The smallest absolute Gasteiger partial charge is 0.331 e. The Bertz CT molecular complexity index is 584. The van der Waals surface area contributed by atoms with Crippen LogP contribution in [-0.2, 0) is 4.79 Å². The molecule has 1 aromatic carbocycles. The fourth-order valence-electron chi connectivity index (χ4n) is 3.68. The molecule has 0 unspecified atom stereocenters. The summed E-state index contributed by atoms with van der Waals surface area (Å²) in [6, 6.07) is 5.28. The van der Waals surface area contributed by atoms with Gasteiger partial charge >= 0.3 is 5.97 Å². The SMILES string of the molecule is CCCCCC1CCC(c2ccc(/C=C(\C)C(=O)O)c(F)c2)CC1. The van der Waals surface area contributed by atoms with Gasteiger partial charge in [-0.15, -0.1) is 0 Å². The lowest BCUT2D eigenvalue weighted by atomic mass is 9.77. The lowest BCUT2D eigenvalue weighted by molar-refractivity contribution is -0.132. The van der Waals surface area contributed by atoms with Crippen molar-refractivity contribution in [1.29, 1.82) is 0 Å². The van der Waals surface area contributed by atoms with Crippen LogP contribution in [0.15, 0.2) is 23.8 Å². The number of aliphatic carboxylic acids is 1. The van der Waals surface area contributed by atoms with Gasteiger partial charge in [0.15, 0.2) is 0 Å². The van der Waals surface area contributed by atoms with E-state index in [1.54, 1.807) is 12.1 Å². The number of hydrogen-bond acceptors (Lipinski definition) is 1. The Morgan fingerprint density at radius 1 is 1.25 bits per heavy atom. The van der Waals surface area contributed by atoms with E-state index in [-0.39, 0.29) is 11.4 Å². The first-order chi connectivity index (χ1) is 11.5. The molecule has 0 aliphatic heterocycles. The first kappa shape index (κ1) is 18.7. The first-order valence-electron chi connectivity index (χ1n) is 9.22. The monoisotopic (exact) mass is 332 g/mol. The van der Waals surface area contributed by atoms with Crippen molar-refractivity contribution < 1.29 is 14.3 Å². The Hall–Kier alpha value is -1.64. The molecule has 0 spiro atoms. The van der Waals surface area contributed by atoms with Crippen LogP contribution in [-0.4, -0.2) is 11.1 Å². The van der Waals surface area contributed by atoms with Crippen LogP contribution in [0.3, 0.4) is 0 Å². The zero-order valence-corrected chi connectivity index (χ0v) is 14.9. The topological polar surface area (TPSA) is 37.3 Å². The van der Waals surface area contributed by atoms with Gasteiger partial charge in [0.2, 0.25) is 0 Å². The Kier molecular flexibility index (Phi) is 7.01. The summed E-state index contributed by atoms with van der Waals surface area (Å²) in [5.41, 5.74) is 1.56. The maximum atomic E-state index is 14.3. The standard InChI is InChI=1S/C21H29FO2/c1-3-4-5-6-16-7-9-17(10-8-16)18-11-12-19(20(22)14-18)13-15(2)21(23)24/h11-14,16-17H,3-10H2,1-2H3,(H,23,24)/b15-13+. The average Bonchev–Trinajstić information content (AvgIpc) is 2.57. The quantitative estimate of drug-likeness (QED) is 0.479. The lowest BCUT2D eigenvalue weighted by Crippen LogP contribution is -2.13. The van der Waals surface area contributed by atoms with E-state index >= 15 is 0 Å². The number of halogens is 1. The summed E-state index contributed by atoms with van der Waals surface area (Å²) >= 11 is 0. The van der Waals surface area contributed by atoms with Gasteiger partial charge < -0.3 is 5.11 Å². The van der Waals surface area contributed by atoms with E-state index in [2.05, 4.69) is 6.92 Å². The molecule has 1 saturated carbocycles. The van der Waals surface area contributed by atoms with E-state index in [4.69, 9.17) is 5.11 Å². The highest BCUT2D eigenvalue weighted by atomic mass is 19.1. The van der Waals surface area contributed by atoms with Crippen molar-refractivity contribution in [2.45, 2.75) is 71.1 Å². The van der Waals surface area contributed by atoms with Gasteiger partial charge in [-0.05, 0) is 62.1 Å².